The third kappa shape index (κ3) is 2.16. The van der Waals surface area contributed by atoms with Gasteiger partial charge in [-0.05, 0) is 17.7 Å². The smallest absolute Gasteiger partial charge is 0.161 e. The zero-order valence-corrected chi connectivity index (χ0v) is 9.38. The summed E-state index contributed by atoms with van der Waals surface area (Å²) in [5.74, 6) is 1.50. The monoisotopic (exact) mass is 218 g/mol. The number of aromatic nitrogens is 2. The summed E-state index contributed by atoms with van der Waals surface area (Å²) >= 11 is 0. The van der Waals surface area contributed by atoms with Crippen LogP contribution in [0.5, 0.6) is 11.5 Å². The first-order valence-electron chi connectivity index (χ1n) is 5.00. The first-order chi connectivity index (χ1) is 7.83. The Labute approximate surface area is 94.4 Å². The molecule has 1 aromatic carbocycles. The lowest BCUT2D eigenvalue weighted by Gasteiger charge is -2.09. The van der Waals surface area contributed by atoms with Crippen LogP contribution >= 0.6 is 0 Å². The molecule has 0 aliphatic carbocycles. The summed E-state index contributed by atoms with van der Waals surface area (Å²) in [6.45, 7) is 0.778. The molecule has 0 N–H and O–H groups in total. The molecule has 0 fully saturated rings. The molecule has 0 spiro atoms. The van der Waals surface area contributed by atoms with E-state index in [9.17, 15) is 0 Å². The van der Waals surface area contributed by atoms with Crippen LogP contribution in [-0.4, -0.2) is 23.8 Å². The molecular weight excluding hydrogens is 204 g/mol. The van der Waals surface area contributed by atoms with Crippen molar-refractivity contribution in [1.82, 2.24) is 9.55 Å². The second-order valence-electron chi connectivity index (χ2n) is 3.42. The predicted molar refractivity (Wildman–Crippen MR) is 60.9 cm³/mol. The summed E-state index contributed by atoms with van der Waals surface area (Å²) in [6.07, 6.45) is 5.48. The van der Waals surface area contributed by atoms with Crippen LogP contribution in [0.2, 0.25) is 0 Å². The second kappa shape index (κ2) is 4.70. The van der Waals surface area contributed by atoms with Gasteiger partial charge in [0.05, 0.1) is 20.5 Å². The van der Waals surface area contributed by atoms with E-state index in [1.807, 2.05) is 29.0 Å². The van der Waals surface area contributed by atoms with E-state index in [0.717, 1.165) is 23.6 Å². The number of methoxy groups -OCH3 is 2. The Bertz CT molecular complexity index is 452. The van der Waals surface area contributed by atoms with Crippen molar-refractivity contribution in [2.45, 2.75) is 6.54 Å². The molecular formula is C12H14N2O2. The Hall–Kier alpha value is -1.97. The first kappa shape index (κ1) is 10.5. The molecule has 0 aliphatic rings. The second-order valence-corrected chi connectivity index (χ2v) is 3.42. The fourth-order valence-electron chi connectivity index (χ4n) is 1.57. The number of imidazole rings is 1. The largest absolute Gasteiger partial charge is 0.493 e. The highest BCUT2D eigenvalue weighted by molar-refractivity contribution is 5.42. The van der Waals surface area contributed by atoms with Crippen LogP contribution in [0.25, 0.3) is 0 Å². The molecule has 16 heavy (non-hydrogen) atoms. The zero-order valence-electron chi connectivity index (χ0n) is 9.38. The molecule has 0 atom stereocenters. The average molecular weight is 218 g/mol. The minimum Gasteiger partial charge on any atom is -0.493 e. The van der Waals surface area contributed by atoms with E-state index in [2.05, 4.69) is 4.98 Å². The molecule has 4 nitrogen and oxygen atoms in total. The highest BCUT2D eigenvalue weighted by atomic mass is 16.5. The van der Waals surface area contributed by atoms with Gasteiger partial charge in [0.15, 0.2) is 11.5 Å². The highest BCUT2D eigenvalue weighted by Gasteiger charge is 2.04. The normalized spacial score (nSPS) is 10.1. The predicted octanol–water partition coefficient (Wildman–Crippen LogP) is 1.95. The Morgan fingerprint density at radius 3 is 2.62 bits per heavy atom. The lowest BCUT2D eigenvalue weighted by atomic mass is 10.2. The van der Waals surface area contributed by atoms with Crippen LogP contribution in [0.4, 0.5) is 0 Å². The van der Waals surface area contributed by atoms with Gasteiger partial charge in [-0.3, -0.25) is 0 Å². The summed E-state index contributed by atoms with van der Waals surface area (Å²) in [5, 5.41) is 0. The van der Waals surface area contributed by atoms with Gasteiger partial charge < -0.3 is 14.0 Å². The van der Waals surface area contributed by atoms with Crippen LogP contribution < -0.4 is 9.47 Å². The van der Waals surface area contributed by atoms with Gasteiger partial charge in [-0.15, -0.1) is 0 Å². The Morgan fingerprint density at radius 1 is 1.19 bits per heavy atom. The third-order valence-electron chi connectivity index (χ3n) is 2.37. The Kier molecular flexibility index (Phi) is 3.10. The summed E-state index contributed by atoms with van der Waals surface area (Å²) in [7, 11) is 3.27. The van der Waals surface area contributed by atoms with Gasteiger partial charge in [-0.25, -0.2) is 4.98 Å². The molecule has 0 amide bonds. The van der Waals surface area contributed by atoms with Crippen LogP contribution in [-0.2, 0) is 6.54 Å². The molecule has 0 aliphatic heterocycles. The van der Waals surface area contributed by atoms with Gasteiger partial charge in [-0.2, -0.15) is 0 Å². The molecule has 1 aromatic heterocycles. The number of benzene rings is 1. The first-order valence-corrected chi connectivity index (χ1v) is 5.00. The fraction of sp³-hybridized carbons (Fsp3) is 0.250. The summed E-state index contributed by atoms with van der Waals surface area (Å²) in [4.78, 5) is 4.00. The fourth-order valence-corrected chi connectivity index (χ4v) is 1.57. The lowest BCUT2D eigenvalue weighted by molar-refractivity contribution is 0.354. The van der Waals surface area contributed by atoms with Crippen molar-refractivity contribution in [3.63, 3.8) is 0 Å². The van der Waals surface area contributed by atoms with E-state index >= 15 is 0 Å². The standard InChI is InChI=1S/C12H14N2O2/c1-15-11-4-3-10(7-12(11)16-2)8-14-6-5-13-9-14/h3-7,9H,8H2,1-2H3. The third-order valence-corrected chi connectivity index (χ3v) is 2.37. The van der Waals surface area contributed by atoms with Crippen molar-refractivity contribution in [1.29, 1.82) is 0 Å². The maximum absolute atomic E-state index is 5.25. The van der Waals surface area contributed by atoms with Crippen LogP contribution in [0, 0.1) is 0 Å². The minimum absolute atomic E-state index is 0.747. The van der Waals surface area contributed by atoms with Crippen molar-refractivity contribution >= 4 is 0 Å². The van der Waals surface area contributed by atoms with Gasteiger partial charge >= 0.3 is 0 Å². The van der Waals surface area contributed by atoms with Crippen molar-refractivity contribution in [3.05, 3.63) is 42.5 Å². The lowest BCUT2D eigenvalue weighted by Crippen LogP contribution is -1.98. The van der Waals surface area contributed by atoms with E-state index in [1.165, 1.54) is 0 Å². The van der Waals surface area contributed by atoms with E-state index in [-0.39, 0.29) is 0 Å². The van der Waals surface area contributed by atoms with Gasteiger partial charge in [-0.1, -0.05) is 6.07 Å². The summed E-state index contributed by atoms with van der Waals surface area (Å²) < 4.78 is 12.4. The maximum atomic E-state index is 5.25. The summed E-state index contributed by atoms with van der Waals surface area (Å²) in [5.41, 5.74) is 1.15. The Balaban J connectivity index is 2.22. The molecule has 1 heterocycles. The maximum Gasteiger partial charge on any atom is 0.161 e. The van der Waals surface area contributed by atoms with E-state index in [0.29, 0.717) is 0 Å². The molecule has 0 saturated carbocycles. The number of hydrogen-bond acceptors (Lipinski definition) is 3. The minimum atomic E-state index is 0.747. The molecule has 4 heteroatoms. The average Bonchev–Trinajstić information content (AvgIpc) is 2.81. The number of ether oxygens (including phenoxy) is 2. The van der Waals surface area contributed by atoms with E-state index in [4.69, 9.17) is 9.47 Å². The van der Waals surface area contributed by atoms with Crippen molar-refractivity contribution in [2.24, 2.45) is 0 Å². The quantitative estimate of drug-likeness (QED) is 0.787. The number of hydrogen-bond donors (Lipinski definition) is 0. The molecule has 2 rings (SSSR count). The van der Waals surface area contributed by atoms with E-state index in [1.54, 1.807) is 26.7 Å². The SMILES string of the molecule is COc1ccc(Cn2ccnc2)cc1OC. The van der Waals surface area contributed by atoms with Crippen molar-refractivity contribution in [2.75, 3.05) is 14.2 Å². The molecule has 0 radical (unpaired) electrons. The van der Waals surface area contributed by atoms with Gasteiger partial charge in [0.2, 0.25) is 0 Å². The van der Waals surface area contributed by atoms with Gasteiger partial charge in [0.1, 0.15) is 0 Å². The molecule has 84 valence electrons. The van der Waals surface area contributed by atoms with Crippen molar-refractivity contribution < 1.29 is 9.47 Å². The number of rotatable bonds is 4. The van der Waals surface area contributed by atoms with Crippen molar-refractivity contribution in [3.8, 4) is 11.5 Å². The number of nitrogens with zero attached hydrogens (tertiary/aromatic N) is 2. The molecule has 2 aromatic rings. The molecule has 0 saturated heterocycles. The zero-order chi connectivity index (χ0) is 11.4. The van der Waals surface area contributed by atoms with Crippen LogP contribution in [0.1, 0.15) is 5.56 Å². The molecule has 0 bridgehead atoms. The summed E-state index contributed by atoms with van der Waals surface area (Å²) in [6, 6.07) is 5.89. The Morgan fingerprint density at radius 2 is 2.00 bits per heavy atom. The van der Waals surface area contributed by atoms with Gasteiger partial charge in [0, 0.05) is 18.9 Å². The highest BCUT2D eigenvalue weighted by Crippen LogP contribution is 2.27. The molecule has 0 unspecified atom stereocenters. The van der Waals surface area contributed by atoms with Crippen LogP contribution in [0.15, 0.2) is 36.9 Å². The topological polar surface area (TPSA) is 36.3 Å². The van der Waals surface area contributed by atoms with Gasteiger partial charge in [0.25, 0.3) is 0 Å². The van der Waals surface area contributed by atoms with E-state index < -0.39 is 0 Å². The van der Waals surface area contributed by atoms with Crippen LogP contribution in [0.3, 0.4) is 0 Å².